The third kappa shape index (κ3) is 3.86. The molecule has 0 fully saturated rings. The lowest BCUT2D eigenvalue weighted by Gasteiger charge is -2.29. The number of H-pyrrole nitrogens is 1. The molecule has 4 heteroatoms. The molecule has 3 heterocycles. The first-order valence-corrected chi connectivity index (χ1v) is 12.1. The molecule has 34 heavy (non-hydrogen) atoms. The largest absolute Gasteiger partial charge is 0.353 e. The molecule has 0 radical (unpaired) electrons. The van der Waals surface area contributed by atoms with E-state index in [1.807, 2.05) is 17.0 Å². The van der Waals surface area contributed by atoms with Crippen molar-refractivity contribution in [1.29, 1.82) is 0 Å². The van der Waals surface area contributed by atoms with Crippen LogP contribution in [0.25, 0.3) is 33.2 Å². The first-order chi connectivity index (χ1) is 16.8. The Labute approximate surface area is 199 Å². The molecule has 0 aliphatic carbocycles. The fraction of sp³-hybridized carbons (Fsp3) is 0.200. The van der Waals surface area contributed by atoms with Gasteiger partial charge in [0, 0.05) is 35.8 Å². The summed E-state index contributed by atoms with van der Waals surface area (Å²) in [7, 11) is 0. The molecule has 3 aromatic carbocycles. The van der Waals surface area contributed by atoms with Gasteiger partial charge in [-0.1, -0.05) is 66.7 Å². The van der Waals surface area contributed by atoms with Crippen molar-refractivity contribution in [2.24, 2.45) is 0 Å². The highest BCUT2D eigenvalue weighted by atomic mass is 16.2. The SMILES string of the molecule is O=C(CCCc1c(-c2ccc3ccccc3n2)[nH]c2ccccc12)N1CCc2ccccc2C1. The number of nitrogens with one attached hydrogen (secondary N) is 1. The van der Waals surface area contributed by atoms with Crippen LogP contribution >= 0.6 is 0 Å². The van der Waals surface area contributed by atoms with Gasteiger partial charge in [-0.15, -0.1) is 0 Å². The zero-order valence-corrected chi connectivity index (χ0v) is 19.1. The van der Waals surface area contributed by atoms with Crippen LogP contribution in [0.5, 0.6) is 0 Å². The minimum Gasteiger partial charge on any atom is -0.353 e. The number of carbonyl (C=O) groups is 1. The van der Waals surface area contributed by atoms with Crippen LogP contribution in [0.1, 0.15) is 29.5 Å². The van der Waals surface area contributed by atoms with E-state index in [-0.39, 0.29) is 5.91 Å². The Morgan fingerprint density at radius 2 is 1.68 bits per heavy atom. The number of aromatic nitrogens is 2. The van der Waals surface area contributed by atoms with Crippen LogP contribution in [0, 0.1) is 0 Å². The van der Waals surface area contributed by atoms with Gasteiger partial charge in [0.05, 0.1) is 16.9 Å². The number of benzene rings is 3. The average Bonchev–Trinajstić information content (AvgIpc) is 3.26. The summed E-state index contributed by atoms with van der Waals surface area (Å²) in [4.78, 5) is 23.6. The molecule has 0 saturated carbocycles. The maximum Gasteiger partial charge on any atom is 0.222 e. The van der Waals surface area contributed by atoms with E-state index in [1.165, 1.54) is 22.1 Å². The van der Waals surface area contributed by atoms with Gasteiger partial charge in [-0.25, -0.2) is 4.98 Å². The molecule has 4 nitrogen and oxygen atoms in total. The maximum atomic E-state index is 13.0. The summed E-state index contributed by atoms with van der Waals surface area (Å²) in [6.45, 7) is 1.55. The Morgan fingerprint density at radius 1 is 0.882 bits per heavy atom. The number of rotatable bonds is 5. The average molecular weight is 446 g/mol. The van der Waals surface area contributed by atoms with Crippen molar-refractivity contribution in [3.63, 3.8) is 0 Å². The number of hydrogen-bond donors (Lipinski definition) is 1. The van der Waals surface area contributed by atoms with Gasteiger partial charge in [0.15, 0.2) is 0 Å². The van der Waals surface area contributed by atoms with Crippen molar-refractivity contribution in [3.8, 4) is 11.4 Å². The predicted molar refractivity (Wildman–Crippen MR) is 138 cm³/mol. The summed E-state index contributed by atoms with van der Waals surface area (Å²) >= 11 is 0. The molecule has 0 bridgehead atoms. The Bertz CT molecular complexity index is 1500. The molecule has 5 aromatic rings. The van der Waals surface area contributed by atoms with Gasteiger partial charge >= 0.3 is 0 Å². The van der Waals surface area contributed by atoms with Crippen molar-refractivity contribution in [3.05, 3.63) is 102 Å². The van der Waals surface area contributed by atoms with Gasteiger partial charge in [0.25, 0.3) is 0 Å². The minimum atomic E-state index is 0.250. The normalized spacial score (nSPS) is 13.4. The number of pyridine rings is 1. The number of nitrogens with zero attached hydrogens (tertiary/aromatic N) is 2. The Balaban J connectivity index is 1.23. The molecule has 1 aliphatic heterocycles. The van der Waals surface area contributed by atoms with Crippen LogP contribution in [-0.4, -0.2) is 27.3 Å². The fourth-order valence-corrected chi connectivity index (χ4v) is 5.17. The highest BCUT2D eigenvalue weighted by molar-refractivity contribution is 5.91. The van der Waals surface area contributed by atoms with E-state index in [4.69, 9.17) is 4.98 Å². The van der Waals surface area contributed by atoms with Crippen molar-refractivity contribution in [2.75, 3.05) is 6.54 Å². The number of para-hydroxylation sites is 2. The molecule has 2 aromatic heterocycles. The van der Waals surface area contributed by atoms with Crippen LogP contribution in [0.3, 0.4) is 0 Å². The molecule has 0 saturated heterocycles. The van der Waals surface area contributed by atoms with Crippen molar-refractivity contribution >= 4 is 27.7 Å². The zero-order chi connectivity index (χ0) is 22.9. The molecule has 1 N–H and O–H groups in total. The van der Waals surface area contributed by atoms with Gasteiger partial charge in [0.1, 0.15) is 0 Å². The highest BCUT2D eigenvalue weighted by Gasteiger charge is 2.21. The van der Waals surface area contributed by atoms with Crippen LogP contribution < -0.4 is 0 Å². The van der Waals surface area contributed by atoms with Gasteiger partial charge in [0.2, 0.25) is 5.91 Å². The quantitative estimate of drug-likeness (QED) is 0.346. The summed E-state index contributed by atoms with van der Waals surface area (Å²) in [6, 6.07) is 29.3. The van der Waals surface area contributed by atoms with Gasteiger partial charge in [-0.3, -0.25) is 4.79 Å². The van der Waals surface area contributed by atoms with Crippen LogP contribution in [-0.2, 0) is 24.2 Å². The minimum absolute atomic E-state index is 0.250. The fourth-order valence-electron chi connectivity index (χ4n) is 5.17. The van der Waals surface area contributed by atoms with Crippen LogP contribution in [0.2, 0.25) is 0 Å². The molecule has 6 rings (SSSR count). The summed E-state index contributed by atoms with van der Waals surface area (Å²) in [5, 5.41) is 2.35. The van der Waals surface area contributed by atoms with Crippen molar-refractivity contribution in [2.45, 2.75) is 32.2 Å². The van der Waals surface area contributed by atoms with Crippen LogP contribution in [0.4, 0.5) is 0 Å². The Morgan fingerprint density at radius 3 is 2.62 bits per heavy atom. The highest BCUT2D eigenvalue weighted by Crippen LogP contribution is 2.32. The standard InChI is InChI=1S/C30H27N3O/c34-29(33-19-18-21-8-1-2-10-23(21)20-33)15-7-12-25-24-11-4-6-14-27(24)32-30(25)28-17-16-22-9-3-5-13-26(22)31-28/h1-6,8-11,13-14,16-17,32H,7,12,15,18-20H2. The number of aromatic amines is 1. The van der Waals surface area contributed by atoms with Gasteiger partial charge in [-0.05, 0) is 54.2 Å². The predicted octanol–water partition coefficient (Wildman–Crippen LogP) is 6.29. The molecule has 1 amide bonds. The molecule has 0 unspecified atom stereocenters. The molecular formula is C30H27N3O. The lowest BCUT2D eigenvalue weighted by Crippen LogP contribution is -2.35. The second-order valence-electron chi connectivity index (χ2n) is 9.10. The summed E-state index contributed by atoms with van der Waals surface area (Å²) < 4.78 is 0. The Hall–Kier alpha value is -3.92. The first kappa shape index (κ1) is 20.7. The third-order valence-electron chi connectivity index (χ3n) is 6.97. The topological polar surface area (TPSA) is 49.0 Å². The summed E-state index contributed by atoms with van der Waals surface area (Å²) in [5.41, 5.74) is 8.01. The Kier molecular flexibility index (Phi) is 5.34. The van der Waals surface area contributed by atoms with Crippen LogP contribution in [0.15, 0.2) is 84.9 Å². The second kappa shape index (κ2) is 8.79. The third-order valence-corrected chi connectivity index (χ3v) is 6.97. The first-order valence-electron chi connectivity index (χ1n) is 12.1. The molecule has 1 aliphatic rings. The summed E-state index contributed by atoms with van der Waals surface area (Å²) in [6.07, 6.45) is 3.16. The van der Waals surface area contributed by atoms with Gasteiger partial charge in [-0.2, -0.15) is 0 Å². The maximum absolute atomic E-state index is 13.0. The van der Waals surface area contributed by atoms with E-state index >= 15 is 0 Å². The van der Waals surface area contributed by atoms with E-state index in [0.717, 1.165) is 60.2 Å². The second-order valence-corrected chi connectivity index (χ2v) is 9.10. The summed E-state index contributed by atoms with van der Waals surface area (Å²) in [5.74, 6) is 0.250. The lowest BCUT2D eigenvalue weighted by molar-refractivity contribution is -0.132. The number of aryl methyl sites for hydroxylation is 1. The van der Waals surface area contributed by atoms with E-state index in [1.54, 1.807) is 0 Å². The molecular weight excluding hydrogens is 418 g/mol. The van der Waals surface area contributed by atoms with E-state index in [9.17, 15) is 4.79 Å². The van der Waals surface area contributed by atoms with Gasteiger partial charge < -0.3 is 9.88 Å². The molecule has 0 spiro atoms. The number of carbonyl (C=O) groups excluding carboxylic acids is 1. The van der Waals surface area contributed by atoms with Crippen molar-refractivity contribution in [1.82, 2.24) is 14.9 Å². The smallest absolute Gasteiger partial charge is 0.222 e. The van der Waals surface area contributed by atoms with Crippen molar-refractivity contribution < 1.29 is 4.79 Å². The molecule has 0 atom stereocenters. The molecule has 168 valence electrons. The van der Waals surface area contributed by atoms with E-state index in [2.05, 4.69) is 77.8 Å². The number of amides is 1. The zero-order valence-electron chi connectivity index (χ0n) is 19.1. The van der Waals surface area contributed by atoms with E-state index in [0.29, 0.717) is 6.42 Å². The monoisotopic (exact) mass is 445 g/mol. The lowest BCUT2D eigenvalue weighted by atomic mass is 9.99. The number of fused-ring (bicyclic) bond motifs is 3. The number of hydrogen-bond acceptors (Lipinski definition) is 2. The van der Waals surface area contributed by atoms with E-state index < -0.39 is 0 Å².